The molecular formula is C19H22BrN3O3S2. The lowest BCUT2D eigenvalue weighted by atomic mass is 10.3. The van der Waals surface area contributed by atoms with Crippen LogP contribution < -0.4 is 14.4 Å². The van der Waals surface area contributed by atoms with Crippen LogP contribution >= 0.6 is 38.6 Å². The van der Waals surface area contributed by atoms with E-state index in [1.54, 1.807) is 19.1 Å². The third kappa shape index (κ3) is 4.65. The number of methoxy groups -OCH3 is 2. The molecule has 0 fully saturated rings. The standard InChI is InChI=1S/C19H22BrN3O3S2/c1-22(2)8-5-9-23(18(24)15-6-7-17(20)27-15)19-21-12-10-13(25-3)14(26-4)11-16(12)28-19/h6-7,10-11H,5,8-9H2,1-4H3. The number of amides is 1. The maximum atomic E-state index is 13.2. The topological polar surface area (TPSA) is 54.9 Å². The molecule has 3 aromatic rings. The summed E-state index contributed by atoms with van der Waals surface area (Å²) in [5, 5.41) is 0.679. The summed E-state index contributed by atoms with van der Waals surface area (Å²) < 4.78 is 12.6. The number of rotatable bonds is 8. The summed E-state index contributed by atoms with van der Waals surface area (Å²) in [5.74, 6) is 1.24. The van der Waals surface area contributed by atoms with E-state index in [0.717, 1.165) is 27.0 Å². The van der Waals surface area contributed by atoms with E-state index in [0.29, 0.717) is 28.1 Å². The molecule has 0 radical (unpaired) electrons. The van der Waals surface area contributed by atoms with Gasteiger partial charge in [0.2, 0.25) is 0 Å². The zero-order valence-electron chi connectivity index (χ0n) is 16.2. The number of carbonyl (C=O) groups is 1. The molecule has 0 atom stereocenters. The van der Waals surface area contributed by atoms with Gasteiger partial charge in [-0.1, -0.05) is 11.3 Å². The lowest BCUT2D eigenvalue weighted by Gasteiger charge is -2.20. The zero-order chi connectivity index (χ0) is 20.3. The average molecular weight is 484 g/mol. The summed E-state index contributed by atoms with van der Waals surface area (Å²) in [6, 6.07) is 7.48. The van der Waals surface area contributed by atoms with Crippen molar-refractivity contribution in [2.24, 2.45) is 0 Å². The second-order valence-corrected chi connectivity index (χ2v) is 9.86. The first kappa shape index (κ1) is 21.0. The molecule has 0 aliphatic carbocycles. The van der Waals surface area contributed by atoms with E-state index in [1.165, 1.54) is 22.7 Å². The largest absolute Gasteiger partial charge is 0.493 e. The molecule has 28 heavy (non-hydrogen) atoms. The Kier molecular flexibility index (Phi) is 6.92. The molecule has 1 aromatic carbocycles. The highest BCUT2D eigenvalue weighted by molar-refractivity contribution is 9.11. The van der Waals surface area contributed by atoms with Gasteiger partial charge in [-0.05, 0) is 55.1 Å². The van der Waals surface area contributed by atoms with Crippen LogP contribution in [-0.2, 0) is 0 Å². The van der Waals surface area contributed by atoms with Gasteiger partial charge in [0.15, 0.2) is 16.6 Å². The van der Waals surface area contributed by atoms with Crippen LogP contribution in [0.1, 0.15) is 16.1 Å². The molecule has 0 bridgehead atoms. The molecule has 3 rings (SSSR count). The van der Waals surface area contributed by atoms with Gasteiger partial charge in [0, 0.05) is 18.7 Å². The van der Waals surface area contributed by atoms with Gasteiger partial charge in [-0.15, -0.1) is 11.3 Å². The van der Waals surface area contributed by atoms with Gasteiger partial charge < -0.3 is 14.4 Å². The van der Waals surface area contributed by atoms with Crippen LogP contribution in [0.2, 0.25) is 0 Å². The Hall–Kier alpha value is -1.68. The number of thiazole rings is 1. The monoisotopic (exact) mass is 483 g/mol. The first-order valence-electron chi connectivity index (χ1n) is 8.67. The molecule has 9 heteroatoms. The molecule has 0 unspecified atom stereocenters. The number of nitrogens with zero attached hydrogens (tertiary/aromatic N) is 3. The smallest absolute Gasteiger partial charge is 0.270 e. The van der Waals surface area contributed by atoms with Gasteiger partial charge >= 0.3 is 0 Å². The average Bonchev–Trinajstić information content (AvgIpc) is 3.28. The Balaban J connectivity index is 1.97. The number of hydrogen-bond donors (Lipinski definition) is 0. The number of ether oxygens (including phenoxy) is 2. The van der Waals surface area contributed by atoms with Crippen LogP contribution in [0.4, 0.5) is 5.13 Å². The van der Waals surface area contributed by atoms with Crippen molar-refractivity contribution in [2.75, 3.05) is 46.3 Å². The number of halogens is 1. The Bertz CT molecular complexity index is 930. The number of thiophene rings is 1. The summed E-state index contributed by atoms with van der Waals surface area (Å²) in [6.07, 6.45) is 0.855. The van der Waals surface area contributed by atoms with Crippen molar-refractivity contribution < 1.29 is 14.3 Å². The highest BCUT2D eigenvalue weighted by Crippen LogP contribution is 2.38. The fourth-order valence-electron chi connectivity index (χ4n) is 2.75. The lowest BCUT2D eigenvalue weighted by Crippen LogP contribution is -2.32. The molecule has 2 aromatic heterocycles. The second-order valence-electron chi connectivity index (χ2n) is 6.39. The van der Waals surface area contributed by atoms with Crippen LogP contribution in [-0.4, -0.2) is 57.2 Å². The van der Waals surface area contributed by atoms with E-state index in [2.05, 4.69) is 20.8 Å². The van der Waals surface area contributed by atoms with Gasteiger partial charge in [-0.25, -0.2) is 4.98 Å². The molecule has 6 nitrogen and oxygen atoms in total. The third-order valence-electron chi connectivity index (χ3n) is 4.13. The predicted octanol–water partition coefficient (Wildman–Crippen LogP) is 4.74. The molecule has 0 spiro atoms. The number of carbonyl (C=O) groups excluding carboxylic acids is 1. The molecule has 0 saturated carbocycles. The molecule has 1 amide bonds. The van der Waals surface area contributed by atoms with Crippen molar-refractivity contribution in [1.82, 2.24) is 9.88 Å². The number of anilines is 1. The maximum Gasteiger partial charge on any atom is 0.270 e. The summed E-state index contributed by atoms with van der Waals surface area (Å²) in [5.41, 5.74) is 0.787. The Morgan fingerprint density at radius 3 is 2.43 bits per heavy atom. The van der Waals surface area contributed by atoms with Gasteiger partial charge in [-0.2, -0.15) is 0 Å². The summed E-state index contributed by atoms with van der Waals surface area (Å²) >= 11 is 6.35. The minimum atomic E-state index is -0.0348. The SMILES string of the molecule is COc1cc2nc(N(CCCN(C)C)C(=O)c3ccc(Br)s3)sc2cc1OC. The lowest BCUT2D eigenvalue weighted by molar-refractivity contribution is 0.0990. The number of aromatic nitrogens is 1. The van der Waals surface area contributed by atoms with Gasteiger partial charge in [0.05, 0.1) is 33.1 Å². The summed E-state index contributed by atoms with van der Waals surface area (Å²) in [4.78, 5) is 22.5. The van der Waals surface area contributed by atoms with Crippen LogP contribution in [0.5, 0.6) is 11.5 Å². The third-order valence-corrected chi connectivity index (χ3v) is 6.78. The number of fused-ring (bicyclic) bond motifs is 1. The van der Waals surface area contributed by atoms with Gasteiger partial charge in [0.1, 0.15) is 0 Å². The molecule has 2 heterocycles. The Morgan fingerprint density at radius 2 is 1.82 bits per heavy atom. The van der Waals surface area contributed by atoms with Gasteiger partial charge in [0.25, 0.3) is 5.91 Å². The first-order chi connectivity index (χ1) is 13.4. The molecule has 0 N–H and O–H groups in total. The summed E-state index contributed by atoms with van der Waals surface area (Å²) in [7, 11) is 7.26. The van der Waals surface area contributed by atoms with Crippen molar-refractivity contribution in [3.05, 3.63) is 32.9 Å². The quantitative estimate of drug-likeness (QED) is 0.463. The van der Waals surface area contributed by atoms with Crippen molar-refractivity contribution >= 4 is 59.9 Å². The zero-order valence-corrected chi connectivity index (χ0v) is 19.4. The van der Waals surface area contributed by atoms with Gasteiger partial charge in [-0.3, -0.25) is 9.69 Å². The van der Waals surface area contributed by atoms with Crippen molar-refractivity contribution in [3.63, 3.8) is 0 Å². The molecule has 0 saturated heterocycles. The van der Waals surface area contributed by atoms with E-state index in [9.17, 15) is 4.79 Å². The van der Waals surface area contributed by atoms with Crippen LogP contribution in [0.25, 0.3) is 10.2 Å². The highest BCUT2D eigenvalue weighted by atomic mass is 79.9. The Labute approximate surface area is 180 Å². The predicted molar refractivity (Wildman–Crippen MR) is 120 cm³/mol. The van der Waals surface area contributed by atoms with Crippen LogP contribution in [0.3, 0.4) is 0 Å². The minimum Gasteiger partial charge on any atom is -0.493 e. The fraction of sp³-hybridized carbons (Fsp3) is 0.368. The van der Waals surface area contributed by atoms with Crippen molar-refractivity contribution in [3.8, 4) is 11.5 Å². The second kappa shape index (κ2) is 9.21. The minimum absolute atomic E-state index is 0.0348. The first-order valence-corrected chi connectivity index (χ1v) is 11.1. The van der Waals surface area contributed by atoms with Crippen molar-refractivity contribution in [1.29, 1.82) is 0 Å². The van der Waals surface area contributed by atoms with Crippen LogP contribution in [0, 0.1) is 0 Å². The van der Waals surface area contributed by atoms with E-state index >= 15 is 0 Å². The van der Waals surface area contributed by atoms with E-state index in [4.69, 9.17) is 14.5 Å². The van der Waals surface area contributed by atoms with E-state index < -0.39 is 0 Å². The molecular weight excluding hydrogens is 462 g/mol. The number of hydrogen-bond acceptors (Lipinski definition) is 7. The van der Waals surface area contributed by atoms with E-state index in [1.807, 2.05) is 38.4 Å². The van der Waals surface area contributed by atoms with E-state index in [-0.39, 0.29) is 5.91 Å². The maximum absolute atomic E-state index is 13.2. The highest BCUT2D eigenvalue weighted by Gasteiger charge is 2.23. The number of benzene rings is 1. The van der Waals surface area contributed by atoms with Crippen LogP contribution in [0.15, 0.2) is 28.1 Å². The fourth-order valence-corrected chi connectivity index (χ4v) is 5.09. The summed E-state index contributed by atoms with van der Waals surface area (Å²) in [6.45, 7) is 1.49. The Morgan fingerprint density at radius 1 is 1.11 bits per heavy atom. The molecule has 0 aliphatic heterocycles. The molecule has 0 aliphatic rings. The van der Waals surface area contributed by atoms with Crippen molar-refractivity contribution in [2.45, 2.75) is 6.42 Å². The molecule has 150 valence electrons. The normalized spacial score (nSPS) is 11.2.